The first-order valence-corrected chi connectivity index (χ1v) is 8.10. The molecule has 1 aliphatic heterocycles. The number of aliphatic hydroxyl groups is 1. The van der Waals surface area contributed by atoms with Crippen LogP contribution in [0.2, 0.25) is 0 Å². The van der Waals surface area contributed by atoms with Crippen molar-refractivity contribution in [2.45, 2.75) is 44.7 Å². The van der Waals surface area contributed by atoms with Gasteiger partial charge in [0.25, 0.3) is 0 Å². The number of ether oxygens (including phenoxy) is 1. The number of likely N-dealkylation sites (tertiary alicyclic amines) is 1. The third-order valence-corrected chi connectivity index (χ3v) is 4.19. The van der Waals surface area contributed by atoms with Crippen molar-refractivity contribution < 1.29 is 9.84 Å². The summed E-state index contributed by atoms with van der Waals surface area (Å²) in [6.45, 7) is 3.89. The first-order valence-electron chi connectivity index (χ1n) is 8.10. The first-order chi connectivity index (χ1) is 10.3. The lowest BCUT2D eigenvalue weighted by atomic mass is 10.1. The molecule has 1 fully saturated rings. The average Bonchev–Trinajstić information content (AvgIpc) is 2.97. The van der Waals surface area contributed by atoms with Crippen molar-refractivity contribution in [2.24, 2.45) is 5.73 Å². The smallest absolute Gasteiger partial charge is 0.119 e. The van der Waals surface area contributed by atoms with Gasteiger partial charge < -0.3 is 20.5 Å². The van der Waals surface area contributed by atoms with Gasteiger partial charge in [-0.3, -0.25) is 0 Å². The van der Waals surface area contributed by atoms with E-state index in [1.807, 2.05) is 24.3 Å². The number of nitrogens with two attached hydrogens (primary N) is 1. The van der Waals surface area contributed by atoms with Crippen LogP contribution in [-0.2, 0) is 6.54 Å². The van der Waals surface area contributed by atoms with Crippen LogP contribution >= 0.6 is 0 Å². The second kappa shape index (κ2) is 9.03. The largest absolute Gasteiger partial charge is 0.494 e. The molecule has 1 unspecified atom stereocenters. The van der Waals surface area contributed by atoms with Crippen molar-refractivity contribution in [1.29, 1.82) is 0 Å². The van der Waals surface area contributed by atoms with Gasteiger partial charge in [0.05, 0.1) is 6.61 Å². The lowest BCUT2D eigenvalue weighted by molar-refractivity contribution is 0.199. The van der Waals surface area contributed by atoms with E-state index in [2.05, 4.69) is 4.90 Å². The Kier molecular flexibility index (Phi) is 7.00. The van der Waals surface area contributed by atoms with Crippen molar-refractivity contribution in [3.05, 3.63) is 29.8 Å². The molecule has 3 N–H and O–H groups in total. The van der Waals surface area contributed by atoms with Crippen LogP contribution in [0.5, 0.6) is 5.75 Å². The number of hydrogen-bond acceptors (Lipinski definition) is 4. The van der Waals surface area contributed by atoms with E-state index < -0.39 is 0 Å². The molecule has 0 aliphatic carbocycles. The summed E-state index contributed by atoms with van der Waals surface area (Å²) in [5, 5.41) is 8.95. The SMILES string of the molecule is NCc1cccc(OCCCN2CCCC2CCCO)c1. The normalized spacial score (nSPS) is 19.0. The highest BCUT2D eigenvalue weighted by Crippen LogP contribution is 2.21. The van der Waals surface area contributed by atoms with Crippen LogP contribution in [0.15, 0.2) is 24.3 Å². The third-order valence-electron chi connectivity index (χ3n) is 4.19. The van der Waals surface area contributed by atoms with Crippen molar-refractivity contribution in [1.82, 2.24) is 4.90 Å². The Morgan fingerprint density at radius 2 is 2.24 bits per heavy atom. The molecule has 2 rings (SSSR count). The molecule has 1 heterocycles. The molecule has 1 aliphatic rings. The fourth-order valence-corrected chi connectivity index (χ4v) is 3.06. The summed E-state index contributed by atoms with van der Waals surface area (Å²) in [6.07, 6.45) is 5.65. The molecule has 0 bridgehead atoms. The summed E-state index contributed by atoms with van der Waals surface area (Å²) in [5.74, 6) is 0.913. The molecule has 0 amide bonds. The molecule has 21 heavy (non-hydrogen) atoms. The number of rotatable bonds is 9. The van der Waals surface area contributed by atoms with Crippen LogP contribution in [0.4, 0.5) is 0 Å². The molecule has 4 heteroatoms. The van der Waals surface area contributed by atoms with Crippen molar-refractivity contribution in [2.75, 3.05) is 26.3 Å². The van der Waals surface area contributed by atoms with Gasteiger partial charge >= 0.3 is 0 Å². The Labute approximate surface area is 127 Å². The zero-order valence-corrected chi connectivity index (χ0v) is 12.8. The monoisotopic (exact) mass is 292 g/mol. The van der Waals surface area contributed by atoms with E-state index >= 15 is 0 Å². The summed E-state index contributed by atoms with van der Waals surface area (Å²) < 4.78 is 5.80. The number of benzene rings is 1. The van der Waals surface area contributed by atoms with Gasteiger partial charge in [-0.25, -0.2) is 0 Å². The van der Waals surface area contributed by atoms with Crippen molar-refractivity contribution in [3.63, 3.8) is 0 Å². The maximum atomic E-state index is 8.95. The summed E-state index contributed by atoms with van der Waals surface area (Å²) >= 11 is 0. The molecule has 0 saturated carbocycles. The Morgan fingerprint density at radius 1 is 1.33 bits per heavy atom. The van der Waals surface area contributed by atoms with E-state index in [-0.39, 0.29) is 0 Å². The quantitative estimate of drug-likeness (QED) is 0.685. The topological polar surface area (TPSA) is 58.7 Å². The molecule has 0 spiro atoms. The predicted octanol–water partition coefficient (Wildman–Crippen LogP) is 2.15. The van der Waals surface area contributed by atoms with Gasteiger partial charge in [0, 0.05) is 25.7 Å². The molecule has 118 valence electrons. The molecule has 1 atom stereocenters. The molecular formula is C17H28N2O2. The molecule has 0 aromatic heterocycles. The lowest BCUT2D eigenvalue weighted by Crippen LogP contribution is -2.31. The fourth-order valence-electron chi connectivity index (χ4n) is 3.06. The van der Waals surface area contributed by atoms with Crippen LogP contribution in [-0.4, -0.2) is 42.4 Å². The maximum Gasteiger partial charge on any atom is 0.119 e. The van der Waals surface area contributed by atoms with Gasteiger partial charge in [0.15, 0.2) is 0 Å². The lowest BCUT2D eigenvalue weighted by Gasteiger charge is -2.24. The minimum absolute atomic E-state index is 0.310. The van der Waals surface area contributed by atoms with Gasteiger partial charge in [0.1, 0.15) is 5.75 Å². The van der Waals surface area contributed by atoms with Gasteiger partial charge in [0.2, 0.25) is 0 Å². The summed E-state index contributed by atoms with van der Waals surface area (Å²) in [7, 11) is 0. The Bertz CT molecular complexity index is 412. The van der Waals surface area contributed by atoms with E-state index in [0.29, 0.717) is 19.2 Å². The van der Waals surface area contributed by atoms with Crippen molar-refractivity contribution in [3.8, 4) is 5.75 Å². The molecular weight excluding hydrogens is 264 g/mol. The average molecular weight is 292 g/mol. The molecule has 1 aromatic carbocycles. The maximum absolute atomic E-state index is 8.95. The highest BCUT2D eigenvalue weighted by Gasteiger charge is 2.23. The minimum Gasteiger partial charge on any atom is -0.494 e. The van der Waals surface area contributed by atoms with Crippen LogP contribution in [0.25, 0.3) is 0 Å². The predicted molar refractivity (Wildman–Crippen MR) is 85.4 cm³/mol. The second-order valence-electron chi connectivity index (χ2n) is 5.75. The van der Waals surface area contributed by atoms with Gasteiger partial charge in [-0.15, -0.1) is 0 Å². The second-order valence-corrected chi connectivity index (χ2v) is 5.75. The first kappa shape index (κ1) is 16.3. The Balaban J connectivity index is 1.66. The highest BCUT2D eigenvalue weighted by molar-refractivity contribution is 5.28. The van der Waals surface area contributed by atoms with Gasteiger partial charge in [-0.05, 0) is 56.3 Å². The third kappa shape index (κ3) is 5.30. The van der Waals surface area contributed by atoms with Crippen LogP contribution in [0.3, 0.4) is 0 Å². The zero-order valence-electron chi connectivity index (χ0n) is 12.8. The van der Waals surface area contributed by atoms with Crippen molar-refractivity contribution >= 4 is 0 Å². The molecule has 0 radical (unpaired) electrons. The summed E-state index contributed by atoms with van der Waals surface area (Å²) in [5.41, 5.74) is 6.74. The Morgan fingerprint density at radius 3 is 3.05 bits per heavy atom. The van der Waals surface area contributed by atoms with E-state index in [4.69, 9.17) is 15.6 Å². The number of nitrogens with zero attached hydrogens (tertiary/aromatic N) is 1. The number of hydrogen-bond donors (Lipinski definition) is 2. The van der Waals surface area contributed by atoms with E-state index in [1.165, 1.54) is 19.4 Å². The van der Waals surface area contributed by atoms with E-state index in [9.17, 15) is 0 Å². The van der Waals surface area contributed by atoms with Gasteiger partial charge in [-0.2, -0.15) is 0 Å². The van der Waals surface area contributed by atoms with Crippen LogP contribution < -0.4 is 10.5 Å². The Hall–Kier alpha value is -1.10. The standard InChI is InChI=1S/C17H28N2O2/c18-14-15-5-1-8-17(13-15)21-12-4-10-19-9-2-6-16(19)7-3-11-20/h1,5,8,13,16,20H,2-4,6-7,9-12,14,18H2. The molecule has 4 nitrogen and oxygen atoms in total. The van der Waals surface area contributed by atoms with E-state index in [0.717, 1.165) is 43.7 Å². The fraction of sp³-hybridized carbons (Fsp3) is 0.647. The summed E-state index contributed by atoms with van der Waals surface area (Å²) in [4.78, 5) is 2.55. The zero-order chi connectivity index (χ0) is 14.9. The minimum atomic E-state index is 0.310. The molecule has 1 saturated heterocycles. The van der Waals surface area contributed by atoms with Gasteiger partial charge in [-0.1, -0.05) is 12.1 Å². The van der Waals surface area contributed by atoms with Crippen LogP contribution in [0, 0.1) is 0 Å². The molecule has 1 aromatic rings. The highest BCUT2D eigenvalue weighted by atomic mass is 16.5. The summed E-state index contributed by atoms with van der Waals surface area (Å²) in [6, 6.07) is 8.67. The van der Waals surface area contributed by atoms with Crippen LogP contribution in [0.1, 0.15) is 37.7 Å². The number of aliphatic hydroxyl groups excluding tert-OH is 1. The van der Waals surface area contributed by atoms with E-state index in [1.54, 1.807) is 0 Å².